The fourth-order valence-corrected chi connectivity index (χ4v) is 11.0. The molecule has 0 aliphatic carbocycles. The quantitative estimate of drug-likeness (QED) is 0.0538. The number of rotatable bonds is 20. The summed E-state index contributed by atoms with van der Waals surface area (Å²) in [6.45, 7) is 0.745. The van der Waals surface area contributed by atoms with Crippen molar-refractivity contribution in [1.82, 2.24) is 16.0 Å². The highest BCUT2D eigenvalue weighted by Crippen LogP contribution is 2.38. The van der Waals surface area contributed by atoms with E-state index in [0.29, 0.717) is 0 Å². The maximum atomic E-state index is 13.2. The zero-order valence-corrected chi connectivity index (χ0v) is 46.3. The molecule has 7 heterocycles. The molecule has 7 fully saturated rings. The van der Waals surface area contributed by atoms with Crippen LogP contribution >= 0.6 is 0 Å². The van der Waals surface area contributed by atoms with E-state index in [1.165, 1.54) is 13.8 Å². The maximum absolute atomic E-state index is 13.2. The number of aliphatic hydroxyl groups excluding tert-OH is 18. The van der Waals surface area contributed by atoms with E-state index in [0.717, 1.165) is 20.8 Å². The lowest BCUT2D eigenvalue weighted by Gasteiger charge is -2.51. The Labute approximate surface area is 483 Å². The minimum Gasteiger partial charge on any atom is -0.394 e. The second-order valence-corrected chi connectivity index (χ2v) is 21.8. The van der Waals surface area contributed by atoms with Gasteiger partial charge in [-0.25, -0.2) is 0 Å². The second-order valence-electron chi connectivity index (χ2n) is 21.8. The van der Waals surface area contributed by atoms with Gasteiger partial charge in [0.1, 0.15) is 159 Å². The van der Waals surface area contributed by atoms with E-state index < -0.39 is 266 Å². The molecule has 35 atom stereocenters. The molecule has 7 saturated heterocycles. The number of carbonyl (C=O) groups excluding carboxylic acids is 3. The van der Waals surface area contributed by atoms with E-state index in [4.69, 9.17) is 61.6 Å². The molecule has 21 N–H and O–H groups in total. The molecule has 0 bridgehead atoms. The molecule has 37 heteroatoms. The molecule has 0 radical (unpaired) electrons. The SMILES string of the molecule is CC(=O)N[C@@H]1[C@@H](O[C@@H]2O[C@H](CO)[C@@H](O[C@@H]3O[C@H](CO)[C@H](O)[C@H](O)[C@H]3O)[C@H](O)[C@H]2NC(C)=O)[C@@H](O)[C@@H](CO[C@@H]2O[C@H](CO)[C@@H](O[C@@H]3O[C@H](CO)[C@H](O)[C@H](O)[C@H]3O[C@@H]3O[C@@H](C)[C@@H](O)[C@@H](O)[C@@H]3O)[C@H](O[C@@H]3O[C@@H](C)[C@@H](O)[C@@H](O)[C@@H]3O)[C@H]2NC(C)=O)O[C@@H]1O. The van der Waals surface area contributed by atoms with Crippen molar-refractivity contribution in [3.8, 4) is 0 Å². The van der Waals surface area contributed by atoms with Crippen LogP contribution in [0.15, 0.2) is 0 Å². The average molecular weight is 1240 g/mol. The third-order valence-electron chi connectivity index (χ3n) is 15.7. The Morgan fingerprint density at radius 3 is 1.24 bits per heavy atom. The maximum Gasteiger partial charge on any atom is 0.217 e. The lowest BCUT2D eigenvalue weighted by Crippen LogP contribution is -2.71. The first kappa shape index (κ1) is 69.6. The van der Waals surface area contributed by atoms with Gasteiger partial charge in [0.25, 0.3) is 0 Å². The van der Waals surface area contributed by atoms with Crippen molar-refractivity contribution in [3.63, 3.8) is 0 Å². The van der Waals surface area contributed by atoms with Crippen LogP contribution in [0.3, 0.4) is 0 Å². The normalized spacial score (nSPS) is 49.8. The molecule has 85 heavy (non-hydrogen) atoms. The van der Waals surface area contributed by atoms with Crippen LogP contribution < -0.4 is 16.0 Å². The molecule has 0 aromatic carbocycles. The fraction of sp³-hybridized carbons (Fsp3) is 0.938. The van der Waals surface area contributed by atoms with Gasteiger partial charge in [0.2, 0.25) is 17.7 Å². The molecule has 0 aromatic rings. The lowest BCUT2D eigenvalue weighted by molar-refractivity contribution is -0.393. The number of ether oxygens (including phenoxy) is 13. The van der Waals surface area contributed by atoms with Crippen molar-refractivity contribution in [2.45, 2.75) is 249 Å². The highest BCUT2D eigenvalue weighted by atomic mass is 16.8. The molecule has 0 saturated carbocycles. The van der Waals surface area contributed by atoms with Crippen molar-refractivity contribution in [2.24, 2.45) is 0 Å². The summed E-state index contributed by atoms with van der Waals surface area (Å²) in [5, 5.41) is 202. The van der Waals surface area contributed by atoms with Gasteiger partial charge in [-0.2, -0.15) is 0 Å². The topological polar surface area (TPSA) is 571 Å². The number of carbonyl (C=O) groups is 3. The fourth-order valence-electron chi connectivity index (χ4n) is 11.0. The van der Waals surface area contributed by atoms with Crippen LogP contribution in [0.25, 0.3) is 0 Å². The summed E-state index contributed by atoms with van der Waals surface area (Å²) in [6.07, 6.45) is -59.4. The third-order valence-corrected chi connectivity index (χ3v) is 15.7. The zero-order chi connectivity index (χ0) is 62.8. The standard InChI is InChI=1S/C48H81N3O34/c1-11-24(59)30(65)34(69)45(74-11)84-40-23(51-15(5)58)43(79-19(9-55)38(40)82-48-41(33(68)27(62)17(7-53)78-48)85-46-35(70)31(66)25(60)12(2)75-46)73-10-20-28(63)39(22(42(72)76-20)50-14(4)57)83-44-21(49-13(3)56)29(64)37(18(8-54)80-44)81-47-36(71)32(67)26(61)16(6-52)77-47/h11-12,16-48,52-55,59-72H,6-10H2,1-5H3,(H,49,56)(H,50,57)(H,51,58)/t11-,12-,16+,17+,18+,19+,20+,21+,22+,23+,24+,25+,26-,27-,28-,29+,30+,31+,32-,33-,34-,35-,36+,37+,38+,39+,40+,41+,42-,43+,44-,45-,46-,47-,48-/m0/s1. The molecule has 0 unspecified atom stereocenters. The Bertz CT molecular complexity index is 2150. The Hall–Kier alpha value is -2.83. The van der Waals surface area contributed by atoms with Gasteiger partial charge in [-0.3, -0.25) is 14.4 Å². The monoisotopic (exact) mass is 1240 g/mol. The minimum atomic E-state index is -2.14. The Morgan fingerprint density at radius 1 is 0.329 bits per heavy atom. The van der Waals surface area contributed by atoms with E-state index in [1.54, 1.807) is 0 Å². The van der Waals surface area contributed by atoms with Gasteiger partial charge in [-0.05, 0) is 13.8 Å². The Kier molecular flexibility index (Phi) is 24.5. The van der Waals surface area contributed by atoms with Crippen molar-refractivity contribution in [1.29, 1.82) is 0 Å². The van der Waals surface area contributed by atoms with Crippen LogP contribution in [0.1, 0.15) is 34.6 Å². The van der Waals surface area contributed by atoms with Crippen LogP contribution in [0.5, 0.6) is 0 Å². The molecule has 0 spiro atoms. The van der Waals surface area contributed by atoms with Crippen LogP contribution in [0, 0.1) is 0 Å². The van der Waals surface area contributed by atoms with Crippen LogP contribution in [-0.2, 0) is 76.0 Å². The van der Waals surface area contributed by atoms with Crippen LogP contribution in [0.2, 0.25) is 0 Å². The molecule has 3 amide bonds. The van der Waals surface area contributed by atoms with Gasteiger partial charge < -0.3 is 169 Å². The van der Waals surface area contributed by atoms with Crippen molar-refractivity contribution >= 4 is 17.7 Å². The number of hydrogen-bond acceptors (Lipinski definition) is 34. The van der Waals surface area contributed by atoms with Crippen molar-refractivity contribution < 1.29 is 168 Å². The van der Waals surface area contributed by atoms with Gasteiger partial charge in [-0.15, -0.1) is 0 Å². The number of hydrogen-bond donors (Lipinski definition) is 21. The van der Waals surface area contributed by atoms with Gasteiger partial charge in [0.05, 0.1) is 45.2 Å². The predicted molar refractivity (Wildman–Crippen MR) is 264 cm³/mol. The molecule has 7 aliphatic heterocycles. The first-order chi connectivity index (χ1) is 40.1. The summed E-state index contributed by atoms with van der Waals surface area (Å²) >= 11 is 0. The Balaban J connectivity index is 1.18. The van der Waals surface area contributed by atoms with E-state index >= 15 is 0 Å². The number of aliphatic hydroxyl groups is 18. The van der Waals surface area contributed by atoms with E-state index in [1.807, 2.05) is 0 Å². The molecular formula is C48H81N3O34. The first-order valence-corrected chi connectivity index (χ1v) is 27.3. The summed E-state index contributed by atoms with van der Waals surface area (Å²) in [5.41, 5.74) is 0. The van der Waals surface area contributed by atoms with E-state index in [2.05, 4.69) is 16.0 Å². The minimum absolute atomic E-state index is 0.829. The molecule has 7 rings (SSSR count). The summed E-state index contributed by atoms with van der Waals surface area (Å²) < 4.78 is 76.9. The van der Waals surface area contributed by atoms with E-state index in [-0.39, 0.29) is 0 Å². The van der Waals surface area contributed by atoms with Gasteiger partial charge >= 0.3 is 0 Å². The summed E-state index contributed by atoms with van der Waals surface area (Å²) in [7, 11) is 0. The molecule has 492 valence electrons. The number of nitrogens with one attached hydrogen (secondary N) is 3. The van der Waals surface area contributed by atoms with Gasteiger partial charge in [0, 0.05) is 20.8 Å². The third kappa shape index (κ3) is 15.3. The average Bonchev–Trinajstić information content (AvgIpc) is 2.19. The van der Waals surface area contributed by atoms with Crippen LogP contribution in [0.4, 0.5) is 0 Å². The molecule has 0 aromatic heterocycles. The predicted octanol–water partition coefficient (Wildman–Crippen LogP) is -13.8. The summed E-state index contributed by atoms with van der Waals surface area (Å²) in [4.78, 5) is 38.5. The zero-order valence-electron chi connectivity index (χ0n) is 46.3. The van der Waals surface area contributed by atoms with Crippen molar-refractivity contribution in [2.75, 3.05) is 33.0 Å². The molecule has 7 aliphatic rings. The summed E-state index contributed by atoms with van der Waals surface area (Å²) in [6, 6.07) is -5.29. The molecule has 37 nitrogen and oxygen atoms in total. The first-order valence-electron chi connectivity index (χ1n) is 27.3. The second kappa shape index (κ2) is 29.9. The summed E-state index contributed by atoms with van der Waals surface area (Å²) in [5.74, 6) is -2.54. The van der Waals surface area contributed by atoms with E-state index in [9.17, 15) is 106 Å². The van der Waals surface area contributed by atoms with Crippen LogP contribution in [-0.4, -0.2) is 357 Å². The Morgan fingerprint density at radius 2 is 0.718 bits per heavy atom. The van der Waals surface area contributed by atoms with Gasteiger partial charge in [0.15, 0.2) is 44.0 Å². The lowest BCUT2D eigenvalue weighted by atomic mass is 9.93. The largest absolute Gasteiger partial charge is 0.394 e. The van der Waals surface area contributed by atoms with Gasteiger partial charge in [-0.1, -0.05) is 0 Å². The number of amides is 3. The smallest absolute Gasteiger partial charge is 0.217 e. The van der Waals surface area contributed by atoms with Crippen molar-refractivity contribution in [3.05, 3.63) is 0 Å². The molecular weight excluding hydrogens is 1160 g/mol. The highest BCUT2D eigenvalue weighted by molar-refractivity contribution is 5.74. The highest BCUT2D eigenvalue weighted by Gasteiger charge is 2.59.